The Morgan fingerprint density at radius 3 is 2.50 bits per heavy atom. The Kier molecular flexibility index (Phi) is 6.51. The summed E-state index contributed by atoms with van der Waals surface area (Å²) in [6.45, 7) is 9.02. The van der Waals surface area contributed by atoms with E-state index in [0.717, 1.165) is 5.69 Å². The molecule has 0 aliphatic carbocycles. The highest BCUT2D eigenvalue weighted by atomic mass is 16.5. The van der Waals surface area contributed by atoms with E-state index in [2.05, 4.69) is 21.3 Å². The van der Waals surface area contributed by atoms with Crippen molar-refractivity contribution in [3.05, 3.63) is 40.6 Å². The molecule has 1 aromatic heterocycles. The summed E-state index contributed by atoms with van der Waals surface area (Å²) in [6, 6.07) is 1.74. The van der Waals surface area contributed by atoms with Crippen molar-refractivity contribution in [2.75, 3.05) is 6.61 Å². The number of esters is 1. The van der Waals surface area contributed by atoms with Crippen LogP contribution >= 0.6 is 0 Å². The van der Waals surface area contributed by atoms with Gasteiger partial charge in [0.25, 0.3) is 0 Å². The largest absolute Gasteiger partial charge is 0.463 e. The maximum Gasteiger partial charge on any atom is 0.345 e. The summed E-state index contributed by atoms with van der Waals surface area (Å²) in [7, 11) is 0. The Morgan fingerprint density at radius 1 is 1.62 bits per heavy atom. The third kappa shape index (κ3) is 6.53. The zero-order chi connectivity index (χ0) is 12.6. The molecule has 0 radical (unpaired) electrons. The van der Waals surface area contributed by atoms with Crippen LogP contribution in [0, 0.1) is 6.92 Å². The highest BCUT2D eigenvalue weighted by Gasteiger charge is 1.98. The normalized spacial score (nSPS) is 8.69. The van der Waals surface area contributed by atoms with E-state index in [4.69, 9.17) is 0 Å². The summed E-state index contributed by atoms with van der Waals surface area (Å²) < 4.78 is 4.56. The molecule has 5 heteroatoms. The fourth-order valence-electron chi connectivity index (χ4n) is 0.714. The number of hydrogen-bond donors (Lipinski definition) is 1. The van der Waals surface area contributed by atoms with Crippen LogP contribution in [0.3, 0.4) is 0 Å². The SMILES string of the molecule is C=C(C)C(=O)OCC.Cc1ccnc(=O)[nH]1. The van der Waals surface area contributed by atoms with Gasteiger partial charge in [0.15, 0.2) is 0 Å². The fourth-order valence-corrected chi connectivity index (χ4v) is 0.714. The molecule has 88 valence electrons. The standard InChI is InChI=1S/C6H10O2.C5H6N2O/c1-4-8-6(7)5(2)3;1-4-2-3-6-5(8)7-4/h2,4H2,1,3H3;2-3H,1H3,(H,6,7,8). The van der Waals surface area contributed by atoms with E-state index in [1.165, 1.54) is 6.20 Å². The average Bonchev–Trinajstić information content (AvgIpc) is 2.18. The topological polar surface area (TPSA) is 72.0 Å². The van der Waals surface area contributed by atoms with Gasteiger partial charge >= 0.3 is 11.7 Å². The molecular formula is C11H16N2O3. The Hall–Kier alpha value is -1.91. The molecule has 5 nitrogen and oxygen atoms in total. The van der Waals surface area contributed by atoms with Gasteiger partial charge in [0, 0.05) is 17.5 Å². The summed E-state index contributed by atoms with van der Waals surface area (Å²) in [6.07, 6.45) is 1.48. The van der Waals surface area contributed by atoms with Crippen molar-refractivity contribution in [3.63, 3.8) is 0 Å². The van der Waals surface area contributed by atoms with Crippen molar-refractivity contribution in [1.82, 2.24) is 9.97 Å². The van der Waals surface area contributed by atoms with Crippen molar-refractivity contribution in [2.45, 2.75) is 20.8 Å². The second kappa shape index (κ2) is 7.39. The molecule has 1 rings (SSSR count). The zero-order valence-corrected chi connectivity index (χ0v) is 9.74. The number of aromatic amines is 1. The van der Waals surface area contributed by atoms with Crippen LogP contribution in [0.4, 0.5) is 0 Å². The van der Waals surface area contributed by atoms with Crippen molar-refractivity contribution in [3.8, 4) is 0 Å². The lowest BCUT2D eigenvalue weighted by Gasteiger charge is -1.96. The van der Waals surface area contributed by atoms with Crippen LogP contribution in [0.5, 0.6) is 0 Å². The molecular weight excluding hydrogens is 208 g/mol. The molecule has 0 aromatic carbocycles. The minimum atomic E-state index is -0.312. The van der Waals surface area contributed by atoms with Crippen molar-refractivity contribution < 1.29 is 9.53 Å². The van der Waals surface area contributed by atoms with Crippen LogP contribution in [-0.4, -0.2) is 22.5 Å². The van der Waals surface area contributed by atoms with Gasteiger partial charge in [-0.15, -0.1) is 0 Å². The van der Waals surface area contributed by atoms with Gasteiger partial charge in [0.2, 0.25) is 0 Å². The highest BCUT2D eigenvalue weighted by Crippen LogP contribution is 1.89. The van der Waals surface area contributed by atoms with Crippen LogP contribution in [0.1, 0.15) is 19.5 Å². The Morgan fingerprint density at radius 2 is 2.25 bits per heavy atom. The number of ether oxygens (including phenoxy) is 1. The molecule has 0 saturated heterocycles. The molecule has 0 unspecified atom stereocenters. The van der Waals surface area contributed by atoms with E-state index < -0.39 is 0 Å². The molecule has 0 amide bonds. The zero-order valence-electron chi connectivity index (χ0n) is 9.74. The first-order valence-corrected chi connectivity index (χ1v) is 4.82. The third-order valence-corrected chi connectivity index (χ3v) is 1.44. The fraction of sp³-hybridized carbons (Fsp3) is 0.364. The van der Waals surface area contributed by atoms with Gasteiger partial charge < -0.3 is 9.72 Å². The minimum Gasteiger partial charge on any atom is -0.463 e. The first-order valence-electron chi connectivity index (χ1n) is 4.82. The molecule has 1 aromatic rings. The Balaban J connectivity index is 0.000000281. The summed E-state index contributed by atoms with van der Waals surface area (Å²) in [5.74, 6) is -0.312. The second-order valence-electron chi connectivity index (χ2n) is 3.06. The van der Waals surface area contributed by atoms with E-state index in [9.17, 15) is 9.59 Å². The predicted molar refractivity (Wildman–Crippen MR) is 61.0 cm³/mol. The number of aryl methyl sites for hydroxylation is 1. The first kappa shape index (κ1) is 14.1. The van der Waals surface area contributed by atoms with Crippen LogP contribution in [-0.2, 0) is 9.53 Å². The second-order valence-corrected chi connectivity index (χ2v) is 3.06. The van der Waals surface area contributed by atoms with Crippen molar-refractivity contribution >= 4 is 5.97 Å². The van der Waals surface area contributed by atoms with Crippen LogP contribution in [0.15, 0.2) is 29.2 Å². The van der Waals surface area contributed by atoms with E-state index in [1.807, 2.05) is 6.92 Å². The number of hydrogen-bond acceptors (Lipinski definition) is 4. The molecule has 0 atom stereocenters. The number of nitrogens with zero attached hydrogens (tertiary/aromatic N) is 1. The highest BCUT2D eigenvalue weighted by molar-refractivity contribution is 5.86. The first-order chi connectivity index (χ1) is 7.47. The maximum atomic E-state index is 10.4. The summed E-state index contributed by atoms with van der Waals surface area (Å²) in [5.41, 5.74) is 1.00. The van der Waals surface area contributed by atoms with Crippen LogP contribution in [0.25, 0.3) is 0 Å². The predicted octanol–water partition coefficient (Wildman–Crippen LogP) is 1.20. The molecule has 0 aliphatic rings. The number of carbonyl (C=O) groups is 1. The molecule has 0 saturated carbocycles. The van der Waals surface area contributed by atoms with Crippen LogP contribution in [0.2, 0.25) is 0 Å². The maximum absolute atomic E-state index is 10.4. The number of rotatable bonds is 2. The molecule has 0 bridgehead atoms. The van der Waals surface area contributed by atoms with Crippen molar-refractivity contribution in [1.29, 1.82) is 0 Å². The molecule has 0 spiro atoms. The van der Waals surface area contributed by atoms with Crippen LogP contribution < -0.4 is 5.69 Å². The summed E-state index contributed by atoms with van der Waals surface area (Å²) in [4.78, 5) is 26.7. The molecule has 1 heterocycles. The average molecular weight is 224 g/mol. The lowest BCUT2D eigenvalue weighted by Crippen LogP contribution is -2.08. The monoisotopic (exact) mass is 224 g/mol. The van der Waals surface area contributed by atoms with Gasteiger partial charge in [0.1, 0.15) is 0 Å². The van der Waals surface area contributed by atoms with Crippen molar-refractivity contribution in [2.24, 2.45) is 0 Å². The van der Waals surface area contributed by atoms with Gasteiger partial charge in [-0.05, 0) is 26.8 Å². The summed E-state index contributed by atoms with van der Waals surface area (Å²) >= 11 is 0. The number of carbonyl (C=O) groups excluding carboxylic acids is 1. The van der Waals surface area contributed by atoms with Gasteiger partial charge in [0.05, 0.1) is 6.61 Å². The summed E-state index contributed by atoms with van der Waals surface area (Å²) in [5, 5.41) is 0. The smallest absolute Gasteiger partial charge is 0.345 e. The third-order valence-electron chi connectivity index (χ3n) is 1.44. The number of aromatic nitrogens is 2. The van der Waals surface area contributed by atoms with E-state index in [0.29, 0.717) is 12.2 Å². The Bertz CT molecular complexity index is 410. The molecule has 0 aliphatic heterocycles. The molecule has 0 fully saturated rings. The van der Waals surface area contributed by atoms with E-state index in [-0.39, 0.29) is 11.7 Å². The molecule has 1 N–H and O–H groups in total. The molecule has 16 heavy (non-hydrogen) atoms. The lowest BCUT2D eigenvalue weighted by molar-refractivity contribution is -0.138. The van der Waals surface area contributed by atoms with E-state index >= 15 is 0 Å². The van der Waals surface area contributed by atoms with Gasteiger partial charge in [-0.25, -0.2) is 14.6 Å². The van der Waals surface area contributed by atoms with Gasteiger partial charge in [-0.3, -0.25) is 0 Å². The number of H-pyrrole nitrogens is 1. The van der Waals surface area contributed by atoms with E-state index in [1.54, 1.807) is 19.9 Å². The van der Waals surface area contributed by atoms with Gasteiger partial charge in [-0.2, -0.15) is 0 Å². The quantitative estimate of drug-likeness (QED) is 0.605. The lowest BCUT2D eigenvalue weighted by atomic mass is 10.4. The minimum absolute atomic E-state index is 0.287. The number of nitrogens with one attached hydrogen (secondary N) is 1. The van der Waals surface area contributed by atoms with Gasteiger partial charge in [-0.1, -0.05) is 6.58 Å². The Labute approximate surface area is 94.2 Å².